The zero-order valence-corrected chi connectivity index (χ0v) is 19.3. The molecule has 0 saturated carbocycles. The molecule has 0 fully saturated rings. The first kappa shape index (κ1) is 24.3. The molecule has 0 spiro atoms. The van der Waals surface area contributed by atoms with Crippen LogP contribution in [0.3, 0.4) is 0 Å². The molecule has 0 aliphatic rings. The van der Waals surface area contributed by atoms with Gasteiger partial charge in [0.25, 0.3) is 0 Å². The lowest BCUT2D eigenvalue weighted by atomic mass is 10.2. The molecule has 2 aromatic carbocycles. The van der Waals surface area contributed by atoms with Crippen LogP contribution in [0.1, 0.15) is 5.56 Å². The van der Waals surface area contributed by atoms with Crippen LogP contribution >= 0.6 is 11.8 Å². The summed E-state index contributed by atoms with van der Waals surface area (Å²) >= 11 is 0.874. The molecular formula is C24H20F3N5O2S. The number of anilines is 1. The highest BCUT2D eigenvalue weighted by Crippen LogP contribution is 2.29. The van der Waals surface area contributed by atoms with E-state index >= 15 is 0 Å². The Balaban J connectivity index is 1.39. The largest absolute Gasteiger partial charge is 0.457 e. The van der Waals surface area contributed by atoms with Gasteiger partial charge in [0.05, 0.1) is 5.75 Å². The van der Waals surface area contributed by atoms with Gasteiger partial charge in [-0.1, -0.05) is 23.9 Å². The van der Waals surface area contributed by atoms with E-state index in [1.807, 2.05) is 31.2 Å². The second-order valence-electron chi connectivity index (χ2n) is 7.52. The molecule has 4 aromatic rings. The highest BCUT2D eigenvalue weighted by Gasteiger charge is 2.31. The van der Waals surface area contributed by atoms with Crippen molar-refractivity contribution in [2.75, 3.05) is 11.1 Å². The standard InChI is InChI=1S/C24H20F3N5O2S/c1-16-3-2-4-20(13-16)34-19-7-5-18(6-8-19)29-21(33)14-35-23-31-30-22(17-9-11-28-12-10-17)32(23)15-24(25,26)27/h2-13H,14-15H2,1H3,(H,29,33). The molecule has 0 unspecified atom stereocenters. The predicted molar refractivity (Wildman–Crippen MR) is 126 cm³/mol. The van der Waals surface area contributed by atoms with E-state index in [-0.39, 0.29) is 16.7 Å². The first-order valence-corrected chi connectivity index (χ1v) is 11.4. The monoisotopic (exact) mass is 499 g/mol. The fourth-order valence-corrected chi connectivity index (χ4v) is 3.92. The topological polar surface area (TPSA) is 81.9 Å². The van der Waals surface area contributed by atoms with Crippen LogP contribution in [0, 0.1) is 6.92 Å². The third-order valence-electron chi connectivity index (χ3n) is 4.69. The number of pyridine rings is 1. The summed E-state index contributed by atoms with van der Waals surface area (Å²) in [5.41, 5.74) is 2.05. The molecule has 180 valence electrons. The molecule has 0 aliphatic heterocycles. The van der Waals surface area contributed by atoms with Gasteiger partial charge < -0.3 is 10.1 Å². The Morgan fingerprint density at radius 1 is 1.03 bits per heavy atom. The number of thioether (sulfide) groups is 1. The van der Waals surface area contributed by atoms with Crippen molar-refractivity contribution in [3.63, 3.8) is 0 Å². The van der Waals surface area contributed by atoms with E-state index in [4.69, 9.17) is 4.74 Å². The minimum absolute atomic E-state index is 0.00816. The summed E-state index contributed by atoms with van der Waals surface area (Å²) in [6.45, 7) is 0.694. The van der Waals surface area contributed by atoms with Crippen molar-refractivity contribution in [2.24, 2.45) is 0 Å². The summed E-state index contributed by atoms with van der Waals surface area (Å²) in [4.78, 5) is 16.3. The Labute approximate surface area is 203 Å². The number of carbonyl (C=O) groups is 1. The van der Waals surface area contributed by atoms with Crippen molar-refractivity contribution < 1.29 is 22.7 Å². The van der Waals surface area contributed by atoms with Gasteiger partial charge in [-0.2, -0.15) is 13.2 Å². The van der Waals surface area contributed by atoms with Crippen molar-refractivity contribution >= 4 is 23.4 Å². The number of hydrogen-bond acceptors (Lipinski definition) is 6. The van der Waals surface area contributed by atoms with Crippen LogP contribution in [0.15, 0.2) is 78.2 Å². The molecule has 0 saturated heterocycles. The second kappa shape index (κ2) is 10.6. The van der Waals surface area contributed by atoms with E-state index < -0.39 is 18.6 Å². The van der Waals surface area contributed by atoms with Gasteiger partial charge >= 0.3 is 6.18 Å². The Bertz CT molecular complexity index is 1290. The molecule has 2 heterocycles. The van der Waals surface area contributed by atoms with Crippen LogP contribution in [0.5, 0.6) is 11.5 Å². The number of nitrogens with zero attached hydrogens (tertiary/aromatic N) is 4. The smallest absolute Gasteiger partial charge is 0.406 e. The summed E-state index contributed by atoms with van der Waals surface area (Å²) in [6.07, 6.45) is -1.57. The lowest BCUT2D eigenvalue weighted by Crippen LogP contribution is -2.20. The molecule has 35 heavy (non-hydrogen) atoms. The van der Waals surface area contributed by atoms with Gasteiger partial charge in [0, 0.05) is 23.6 Å². The maximum atomic E-state index is 13.2. The van der Waals surface area contributed by atoms with Crippen LogP contribution in [0.4, 0.5) is 18.9 Å². The highest BCUT2D eigenvalue weighted by atomic mass is 32.2. The minimum Gasteiger partial charge on any atom is -0.457 e. The van der Waals surface area contributed by atoms with Gasteiger partial charge in [-0.3, -0.25) is 14.3 Å². The third-order valence-corrected chi connectivity index (χ3v) is 5.66. The van der Waals surface area contributed by atoms with E-state index in [9.17, 15) is 18.0 Å². The predicted octanol–water partition coefficient (Wildman–Crippen LogP) is 5.73. The number of amides is 1. The number of ether oxygens (including phenoxy) is 1. The van der Waals surface area contributed by atoms with Gasteiger partial charge in [-0.15, -0.1) is 10.2 Å². The fraction of sp³-hybridized carbons (Fsp3) is 0.167. The third kappa shape index (κ3) is 6.82. The van der Waals surface area contributed by atoms with Gasteiger partial charge in [0.2, 0.25) is 5.91 Å². The van der Waals surface area contributed by atoms with E-state index in [0.717, 1.165) is 21.9 Å². The lowest BCUT2D eigenvalue weighted by Gasteiger charge is -2.12. The number of carbonyl (C=O) groups excluding carboxylic acids is 1. The van der Waals surface area contributed by atoms with Gasteiger partial charge in [-0.05, 0) is 61.0 Å². The van der Waals surface area contributed by atoms with Crippen molar-refractivity contribution in [1.82, 2.24) is 19.7 Å². The maximum absolute atomic E-state index is 13.2. The number of nitrogens with one attached hydrogen (secondary N) is 1. The Kier molecular flexibility index (Phi) is 7.35. The number of alkyl halides is 3. The molecular weight excluding hydrogens is 479 g/mol. The van der Waals surface area contributed by atoms with Crippen LogP contribution in [-0.2, 0) is 11.3 Å². The van der Waals surface area contributed by atoms with Crippen molar-refractivity contribution in [1.29, 1.82) is 0 Å². The number of benzene rings is 2. The Morgan fingerprint density at radius 3 is 2.46 bits per heavy atom. The van der Waals surface area contributed by atoms with Crippen LogP contribution in [-0.4, -0.2) is 37.6 Å². The van der Waals surface area contributed by atoms with Crippen molar-refractivity contribution in [2.45, 2.75) is 24.8 Å². The molecule has 0 aliphatic carbocycles. The second-order valence-corrected chi connectivity index (χ2v) is 8.47. The molecule has 1 N–H and O–H groups in total. The first-order chi connectivity index (χ1) is 16.8. The quantitative estimate of drug-likeness (QED) is 0.312. The Morgan fingerprint density at radius 2 is 1.77 bits per heavy atom. The zero-order chi connectivity index (χ0) is 24.8. The number of halogens is 3. The van der Waals surface area contributed by atoms with Crippen molar-refractivity contribution in [3.05, 3.63) is 78.6 Å². The first-order valence-electron chi connectivity index (χ1n) is 10.4. The molecule has 0 radical (unpaired) electrons. The molecule has 0 bridgehead atoms. The van der Waals surface area contributed by atoms with Crippen LogP contribution in [0.25, 0.3) is 11.4 Å². The van der Waals surface area contributed by atoms with E-state index in [0.29, 0.717) is 22.7 Å². The SMILES string of the molecule is Cc1cccc(Oc2ccc(NC(=O)CSc3nnc(-c4ccncc4)n3CC(F)(F)F)cc2)c1. The fourth-order valence-electron chi connectivity index (χ4n) is 3.18. The van der Waals surface area contributed by atoms with Crippen molar-refractivity contribution in [3.8, 4) is 22.9 Å². The zero-order valence-electron chi connectivity index (χ0n) is 18.5. The average Bonchev–Trinajstić information content (AvgIpc) is 3.20. The maximum Gasteiger partial charge on any atom is 0.406 e. The molecule has 2 aromatic heterocycles. The van der Waals surface area contributed by atoms with Gasteiger partial charge in [0.15, 0.2) is 11.0 Å². The molecule has 11 heteroatoms. The Hall–Kier alpha value is -3.86. The molecule has 4 rings (SSSR count). The van der Waals surface area contributed by atoms with Crippen LogP contribution in [0.2, 0.25) is 0 Å². The summed E-state index contributed by atoms with van der Waals surface area (Å²) in [5, 5.41) is 10.5. The van der Waals surface area contributed by atoms with Gasteiger partial charge in [0.1, 0.15) is 18.0 Å². The minimum atomic E-state index is -4.48. The van der Waals surface area contributed by atoms with Gasteiger partial charge in [-0.25, -0.2) is 0 Å². The summed E-state index contributed by atoms with van der Waals surface area (Å²) in [6, 6.07) is 17.5. The summed E-state index contributed by atoms with van der Waals surface area (Å²) in [5.74, 6) is 0.818. The van der Waals surface area contributed by atoms with E-state index in [1.165, 1.54) is 12.4 Å². The lowest BCUT2D eigenvalue weighted by molar-refractivity contribution is -0.141. The molecule has 7 nitrogen and oxygen atoms in total. The number of aryl methyl sites for hydroxylation is 1. The van der Waals surface area contributed by atoms with E-state index in [2.05, 4.69) is 20.5 Å². The normalized spacial score (nSPS) is 11.3. The molecule has 1 amide bonds. The highest BCUT2D eigenvalue weighted by molar-refractivity contribution is 7.99. The number of aromatic nitrogens is 4. The van der Waals surface area contributed by atoms with Crippen LogP contribution < -0.4 is 10.1 Å². The number of hydrogen-bond donors (Lipinski definition) is 1. The molecule has 0 atom stereocenters. The van der Waals surface area contributed by atoms with E-state index in [1.54, 1.807) is 36.4 Å². The average molecular weight is 500 g/mol. The summed E-state index contributed by atoms with van der Waals surface area (Å²) < 4.78 is 46.3. The number of rotatable bonds is 8. The summed E-state index contributed by atoms with van der Waals surface area (Å²) in [7, 11) is 0.